The van der Waals surface area contributed by atoms with Gasteiger partial charge in [0.1, 0.15) is 22.8 Å². The molecule has 4 rings (SSSR count). The summed E-state index contributed by atoms with van der Waals surface area (Å²) in [5.74, 6) is -4.53. The fraction of sp³-hybridized carbons (Fsp3) is 0.323. The van der Waals surface area contributed by atoms with Crippen molar-refractivity contribution in [2.24, 2.45) is 5.41 Å². The first-order valence-corrected chi connectivity index (χ1v) is 13.8. The molecule has 1 fully saturated rings. The van der Waals surface area contributed by atoms with Gasteiger partial charge in [-0.3, -0.25) is 4.79 Å². The molecule has 0 aliphatic carbocycles. The largest absolute Gasteiger partial charge is 0.495 e. The molecule has 1 heterocycles. The topological polar surface area (TPSA) is 111 Å². The summed E-state index contributed by atoms with van der Waals surface area (Å²) in [6.07, 6.45) is 0.314. The summed E-state index contributed by atoms with van der Waals surface area (Å²) >= 11 is 12.1. The van der Waals surface area contributed by atoms with Gasteiger partial charge in [-0.25, -0.2) is 13.6 Å². The molecule has 11 heteroatoms. The molecule has 1 aliphatic heterocycles. The number of nitrogens with one attached hydrogen (secondary N) is 2. The van der Waals surface area contributed by atoms with Gasteiger partial charge in [0, 0.05) is 27.6 Å². The minimum Gasteiger partial charge on any atom is -0.495 e. The minimum absolute atomic E-state index is 0.00690. The van der Waals surface area contributed by atoms with Gasteiger partial charge in [0.2, 0.25) is 5.91 Å². The molecule has 220 valence electrons. The van der Waals surface area contributed by atoms with Crippen LogP contribution < -0.4 is 15.4 Å². The van der Waals surface area contributed by atoms with Gasteiger partial charge in [-0.15, -0.1) is 0 Å². The summed E-state index contributed by atoms with van der Waals surface area (Å²) < 4.78 is 36.7. The molecule has 3 aromatic rings. The van der Waals surface area contributed by atoms with Crippen LogP contribution in [0.5, 0.6) is 5.75 Å². The summed E-state index contributed by atoms with van der Waals surface area (Å²) in [5.41, 5.74) is -2.11. The van der Waals surface area contributed by atoms with Crippen LogP contribution in [0.3, 0.4) is 0 Å². The number of hydrogen-bond donors (Lipinski definition) is 3. The SMILES string of the molecule is COc1cc(C(=O)O)ccc1NC(=O)C1N[C@@H](CC(C)(C)C)[C@](C#N)(c2ccc(Cl)cc2F)[C@H]1c1ccc(Cl)cc1F. The predicted molar refractivity (Wildman–Crippen MR) is 156 cm³/mol. The van der Waals surface area contributed by atoms with E-state index in [1.54, 1.807) is 0 Å². The molecular formula is C31H29Cl2F2N3O4. The van der Waals surface area contributed by atoms with E-state index >= 15 is 8.78 Å². The van der Waals surface area contributed by atoms with Crippen molar-refractivity contribution >= 4 is 40.8 Å². The van der Waals surface area contributed by atoms with Crippen LogP contribution in [-0.2, 0) is 10.2 Å². The van der Waals surface area contributed by atoms with Gasteiger partial charge in [-0.2, -0.15) is 5.26 Å². The molecule has 1 saturated heterocycles. The molecule has 4 atom stereocenters. The molecule has 0 radical (unpaired) electrons. The lowest BCUT2D eigenvalue weighted by Gasteiger charge is -2.37. The molecule has 42 heavy (non-hydrogen) atoms. The number of nitriles is 1. The number of anilines is 1. The monoisotopic (exact) mass is 615 g/mol. The molecule has 1 aliphatic rings. The quantitative estimate of drug-likeness (QED) is 0.265. The lowest BCUT2D eigenvalue weighted by Crippen LogP contribution is -2.44. The Morgan fingerprint density at radius 3 is 2.26 bits per heavy atom. The number of halogens is 4. The standard InChI is InChI=1S/C31H29Cl2F2N3O4/c1-30(2,3)14-25-31(15-36,20-9-7-18(33)13-22(20)35)26(19-8-6-17(32)12-21(19)34)27(38-25)28(39)37-23-10-5-16(29(40)41)11-24(23)42-4/h5-13,25-27,38H,14H2,1-4H3,(H,37,39)(H,40,41)/t25-,26-,27?,31-/m0/s1. The summed E-state index contributed by atoms with van der Waals surface area (Å²) in [7, 11) is 1.32. The Bertz CT molecular complexity index is 1590. The van der Waals surface area contributed by atoms with E-state index in [9.17, 15) is 20.0 Å². The van der Waals surface area contributed by atoms with Gasteiger partial charge in [-0.05, 0) is 59.9 Å². The number of benzene rings is 3. The highest BCUT2D eigenvalue weighted by Gasteiger charge is 2.61. The molecule has 7 nitrogen and oxygen atoms in total. The zero-order valence-corrected chi connectivity index (χ0v) is 24.8. The Labute approximate surface area is 252 Å². The van der Waals surface area contributed by atoms with Gasteiger partial charge >= 0.3 is 5.97 Å². The van der Waals surface area contributed by atoms with Gasteiger partial charge in [0.05, 0.1) is 30.5 Å². The van der Waals surface area contributed by atoms with Crippen molar-refractivity contribution in [1.29, 1.82) is 5.26 Å². The van der Waals surface area contributed by atoms with Crippen LogP contribution in [0.15, 0.2) is 54.6 Å². The van der Waals surface area contributed by atoms with Gasteiger partial charge in [0.15, 0.2) is 0 Å². The first kappa shape index (κ1) is 31.2. The van der Waals surface area contributed by atoms with Gasteiger partial charge in [0.25, 0.3) is 0 Å². The number of hydrogen-bond acceptors (Lipinski definition) is 5. The molecule has 0 saturated carbocycles. The van der Waals surface area contributed by atoms with E-state index in [2.05, 4.69) is 16.7 Å². The van der Waals surface area contributed by atoms with Crippen LogP contribution in [0.25, 0.3) is 0 Å². The highest BCUT2D eigenvalue weighted by atomic mass is 35.5. The number of ether oxygens (including phenoxy) is 1. The third kappa shape index (κ3) is 5.93. The zero-order chi connectivity index (χ0) is 31.0. The maximum absolute atomic E-state index is 15.7. The first-order chi connectivity index (χ1) is 19.7. The van der Waals surface area contributed by atoms with E-state index in [0.717, 1.165) is 12.1 Å². The normalized spacial score (nSPS) is 21.9. The number of carbonyl (C=O) groups excluding carboxylic acids is 1. The first-order valence-electron chi connectivity index (χ1n) is 13.0. The van der Waals surface area contributed by atoms with Crippen molar-refractivity contribution in [3.63, 3.8) is 0 Å². The van der Waals surface area contributed by atoms with Gasteiger partial charge in [-0.1, -0.05) is 56.1 Å². The summed E-state index contributed by atoms with van der Waals surface area (Å²) in [4.78, 5) is 25.5. The lowest BCUT2D eigenvalue weighted by molar-refractivity contribution is -0.118. The van der Waals surface area contributed by atoms with E-state index in [4.69, 9.17) is 27.9 Å². The average molecular weight is 616 g/mol. The number of amides is 1. The second kappa shape index (κ2) is 11.9. The van der Waals surface area contributed by atoms with E-state index in [1.165, 1.54) is 49.6 Å². The predicted octanol–water partition coefficient (Wildman–Crippen LogP) is 6.94. The minimum atomic E-state index is -1.77. The van der Waals surface area contributed by atoms with Crippen molar-refractivity contribution < 1.29 is 28.2 Å². The smallest absolute Gasteiger partial charge is 0.335 e. The fourth-order valence-corrected chi connectivity index (χ4v) is 6.01. The number of nitrogens with zero attached hydrogens (tertiary/aromatic N) is 1. The number of aromatic carboxylic acids is 1. The fourth-order valence-electron chi connectivity index (χ4n) is 5.69. The maximum atomic E-state index is 15.7. The van der Waals surface area contributed by atoms with E-state index < -0.39 is 52.3 Å². The van der Waals surface area contributed by atoms with Crippen molar-refractivity contribution in [2.45, 2.75) is 50.6 Å². The van der Waals surface area contributed by atoms with E-state index in [-0.39, 0.29) is 38.2 Å². The molecule has 3 aromatic carbocycles. The number of methoxy groups -OCH3 is 1. The molecule has 0 spiro atoms. The third-order valence-electron chi connectivity index (χ3n) is 7.42. The molecular weight excluding hydrogens is 587 g/mol. The van der Waals surface area contributed by atoms with Crippen molar-refractivity contribution in [3.8, 4) is 11.8 Å². The Kier molecular flexibility index (Phi) is 8.84. The molecule has 1 amide bonds. The number of carbonyl (C=O) groups is 2. The molecule has 1 unspecified atom stereocenters. The van der Waals surface area contributed by atoms with Crippen molar-refractivity contribution in [1.82, 2.24) is 5.32 Å². The Morgan fingerprint density at radius 1 is 1.07 bits per heavy atom. The second-order valence-electron chi connectivity index (χ2n) is 11.4. The maximum Gasteiger partial charge on any atom is 0.335 e. The summed E-state index contributed by atoms with van der Waals surface area (Å²) in [6.45, 7) is 5.82. The number of rotatable bonds is 7. The van der Waals surface area contributed by atoms with Crippen LogP contribution in [0.1, 0.15) is 54.6 Å². The Morgan fingerprint density at radius 2 is 1.71 bits per heavy atom. The van der Waals surface area contributed by atoms with Crippen LogP contribution >= 0.6 is 23.2 Å². The van der Waals surface area contributed by atoms with Crippen LogP contribution in [0, 0.1) is 28.4 Å². The van der Waals surface area contributed by atoms with Crippen molar-refractivity contribution in [2.75, 3.05) is 12.4 Å². The highest BCUT2D eigenvalue weighted by Crippen LogP contribution is 2.52. The molecule has 0 bridgehead atoms. The molecule has 3 N–H and O–H groups in total. The summed E-state index contributed by atoms with van der Waals surface area (Å²) in [6, 6.07) is 12.0. The van der Waals surface area contributed by atoms with Crippen LogP contribution in [0.2, 0.25) is 10.0 Å². The highest BCUT2D eigenvalue weighted by molar-refractivity contribution is 6.30. The van der Waals surface area contributed by atoms with E-state index in [0.29, 0.717) is 6.42 Å². The average Bonchev–Trinajstić information content (AvgIpc) is 3.21. The van der Waals surface area contributed by atoms with E-state index in [1.807, 2.05) is 20.8 Å². The van der Waals surface area contributed by atoms with Gasteiger partial charge < -0.3 is 20.5 Å². The lowest BCUT2D eigenvalue weighted by atomic mass is 9.62. The van der Waals surface area contributed by atoms with Crippen molar-refractivity contribution in [3.05, 3.63) is 93.0 Å². The summed E-state index contributed by atoms with van der Waals surface area (Å²) in [5, 5.41) is 26.5. The number of carboxylic acid groups (broad SMARTS) is 1. The van der Waals surface area contributed by atoms with Crippen LogP contribution in [-0.4, -0.2) is 36.2 Å². The molecule has 0 aromatic heterocycles. The Balaban J connectivity index is 1.94. The zero-order valence-electron chi connectivity index (χ0n) is 23.3. The third-order valence-corrected chi connectivity index (χ3v) is 7.89. The van der Waals surface area contributed by atoms with Crippen LogP contribution in [0.4, 0.5) is 14.5 Å². The second-order valence-corrected chi connectivity index (χ2v) is 12.3. The Hall–Kier alpha value is -3.71. The number of carboxylic acids is 1.